The van der Waals surface area contributed by atoms with E-state index in [0.29, 0.717) is 6.42 Å². The Hall–Kier alpha value is -0.870. The van der Waals surface area contributed by atoms with Gasteiger partial charge in [0, 0.05) is 10.2 Å². The normalized spacial score (nSPS) is 12.3. The highest BCUT2D eigenvalue weighted by Gasteiger charge is 2.11. The van der Waals surface area contributed by atoms with E-state index in [1.54, 1.807) is 0 Å². The molecule has 15 heavy (non-hydrogen) atoms. The summed E-state index contributed by atoms with van der Waals surface area (Å²) < 4.78 is 0.998. The molecule has 82 valence electrons. The molecule has 1 atom stereocenters. The van der Waals surface area contributed by atoms with Crippen LogP contribution in [0.25, 0.3) is 0 Å². The molecule has 0 aliphatic carbocycles. The van der Waals surface area contributed by atoms with Gasteiger partial charge in [0.25, 0.3) is 0 Å². The van der Waals surface area contributed by atoms with Crippen LogP contribution in [0.4, 0.5) is 5.69 Å². The molecule has 4 heteroatoms. The Morgan fingerprint density at radius 2 is 2.27 bits per heavy atom. The van der Waals surface area contributed by atoms with Crippen molar-refractivity contribution in [3.8, 4) is 0 Å². The lowest BCUT2D eigenvalue weighted by Gasteiger charge is -2.12. The van der Waals surface area contributed by atoms with Gasteiger partial charge in [-0.2, -0.15) is 0 Å². The molecule has 0 spiro atoms. The molecule has 0 unspecified atom stereocenters. The lowest BCUT2D eigenvalue weighted by atomic mass is 10.2. The molecule has 0 heterocycles. The number of nitrogens with two attached hydrogens (primary N) is 1. The molecule has 1 amide bonds. The molecule has 0 radical (unpaired) electrons. The highest BCUT2D eigenvalue weighted by atomic mass is 79.9. The maximum atomic E-state index is 11.5. The summed E-state index contributed by atoms with van der Waals surface area (Å²) in [6, 6.07) is 5.26. The number of nitrogens with one attached hydrogen (secondary N) is 1. The third-order valence-electron chi connectivity index (χ3n) is 2.22. The third-order valence-corrected chi connectivity index (χ3v) is 2.72. The fourth-order valence-corrected chi connectivity index (χ4v) is 1.65. The highest BCUT2D eigenvalue weighted by molar-refractivity contribution is 9.10. The number of amides is 1. The van der Waals surface area contributed by atoms with Crippen molar-refractivity contribution in [1.82, 2.24) is 0 Å². The SMILES string of the molecule is CC[C@@H](N)C(=O)Nc1ccc(Br)cc1C. The minimum atomic E-state index is -0.437. The molecule has 0 saturated carbocycles. The summed E-state index contributed by atoms with van der Waals surface area (Å²) in [5.74, 6) is -0.136. The first-order valence-corrected chi connectivity index (χ1v) is 5.66. The molecule has 1 rings (SSSR count). The minimum Gasteiger partial charge on any atom is -0.324 e. The molecule has 0 aliphatic heterocycles. The lowest BCUT2D eigenvalue weighted by molar-refractivity contribution is -0.117. The number of rotatable bonds is 3. The Kier molecular flexibility index (Phi) is 4.29. The van der Waals surface area contributed by atoms with E-state index in [0.717, 1.165) is 15.7 Å². The van der Waals surface area contributed by atoms with E-state index in [1.165, 1.54) is 0 Å². The molecule has 1 aromatic rings. The first-order chi connectivity index (χ1) is 7.04. The van der Waals surface area contributed by atoms with Crippen LogP contribution in [0.2, 0.25) is 0 Å². The van der Waals surface area contributed by atoms with Crippen molar-refractivity contribution in [3.05, 3.63) is 28.2 Å². The number of carbonyl (C=O) groups is 1. The Balaban J connectivity index is 2.77. The molecule has 3 nitrogen and oxygen atoms in total. The summed E-state index contributed by atoms with van der Waals surface area (Å²) in [6.07, 6.45) is 0.640. The van der Waals surface area contributed by atoms with Crippen LogP contribution in [0.15, 0.2) is 22.7 Å². The van der Waals surface area contributed by atoms with Crippen molar-refractivity contribution in [2.24, 2.45) is 5.73 Å². The zero-order chi connectivity index (χ0) is 11.4. The standard InChI is InChI=1S/C11H15BrN2O/c1-3-9(13)11(15)14-10-5-4-8(12)6-7(10)2/h4-6,9H,3,13H2,1-2H3,(H,14,15)/t9-/m1/s1. The Morgan fingerprint density at radius 3 is 2.80 bits per heavy atom. The fourth-order valence-electron chi connectivity index (χ4n) is 1.18. The van der Waals surface area contributed by atoms with E-state index in [2.05, 4.69) is 21.2 Å². The third kappa shape index (κ3) is 3.32. The van der Waals surface area contributed by atoms with Gasteiger partial charge in [-0.1, -0.05) is 22.9 Å². The van der Waals surface area contributed by atoms with E-state index < -0.39 is 6.04 Å². The van der Waals surface area contributed by atoms with Crippen LogP contribution in [0.3, 0.4) is 0 Å². The van der Waals surface area contributed by atoms with Gasteiger partial charge < -0.3 is 11.1 Å². The van der Waals surface area contributed by atoms with Gasteiger partial charge in [0.05, 0.1) is 6.04 Å². The molecule has 0 saturated heterocycles. The summed E-state index contributed by atoms with van der Waals surface area (Å²) in [5.41, 5.74) is 7.45. The number of hydrogen-bond donors (Lipinski definition) is 2. The number of benzene rings is 1. The van der Waals surface area contributed by atoms with Crippen molar-refractivity contribution in [3.63, 3.8) is 0 Å². The zero-order valence-electron chi connectivity index (χ0n) is 8.88. The second kappa shape index (κ2) is 5.28. The second-order valence-corrected chi connectivity index (χ2v) is 4.38. The quantitative estimate of drug-likeness (QED) is 0.887. The van der Waals surface area contributed by atoms with Crippen LogP contribution in [-0.2, 0) is 4.79 Å². The number of aryl methyl sites for hydroxylation is 1. The predicted octanol–water partition coefficient (Wildman–Crippen LogP) is 2.43. The van der Waals surface area contributed by atoms with Gasteiger partial charge in [-0.25, -0.2) is 0 Å². The van der Waals surface area contributed by atoms with Gasteiger partial charge in [0.1, 0.15) is 0 Å². The van der Waals surface area contributed by atoms with Gasteiger partial charge in [-0.15, -0.1) is 0 Å². The maximum Gasteiger partial charge on any atom is 0.241 e. The summed E-state index contributed by atoms with van der Waals surface area (Å²) in [4.78, 5) is 11.5. The van der Waals surface area contributed by atoms with E-state index in [-0.39, 0.29) is 5.91 Å². The molecule has 1 aromatic carbocycles. The topological polar surface area (TPSA) is 55.1 Å². The van der Waals surface area contributed by atoms with Crippen LogP contribution in [0.1, 0.15) is 18.9 Å². The van der Waals surface area contributed by atoms with Gasteiger partial charge in [0.2, 0.25) is 5.91 Å². The van der Waals surface area contributed by atoms with E-state index in [1.807, 2.05) is 32.0 Å². The first kappa shape index (κ1) is 12.2. The Morgan fingerprint density at radius 1 is 1.60 bits per heavy atom. The molecular weight excluding hydrogens is 256 g/mol. The average molecular weight is 271 g/mol. The predicted molar refractivity (Wildman–Crippen MR) is 65.8 cm³/mol. The number of hydrogen-bond acceptors (Lipinski definition) is 2. The minimum absolute atomic E-state index is 0.136. The Labute approximate surface area is 98.2 Å². The van der Waals surface area contributed by atoms with Gasteiger partial charge in [-0.3, -0.25) is 4.79 Å². The molecular formula is C11H15BrN2O. The van der Waals surface area contributed by atoms with Crippen molar-refractivity contribution < 1.29 is 4.79 Å². The highest BCUT2D eigenvalue weighted by Crippen LogP contribution is 2.20. The lowest BCUT2D eigenvalue weighted by Crippen LogP contribution is -2.34. The Bertz CT molecular complexity index is 366. The second-order valence-electron chi connectivity index (χ2n) is 3.46. The largest absolute Gasteiger partial charge is 0.324 e. The van der Waals surface area contributed by atoms with Gasteiger partial charge in [-0.05, 0) is 37.1 Å². The average Bonchev–Trinajstić information content (AvgIpc) is 2.20. The molecule has 0 aliphatic rings. The summed E-state index contributed by atoms with van der Waals surface area (Å²) in [6.45, 7) is 3.83. The number of halogens is 1. The monoisotopic (exact) mass is 270 g/mol. The fraction of sp³-hybridized carbons (Fsp3) is 0.364. The smallest absolute Gasteiger partial charge is 0.241 e. The van der Waals surface area contributed by atoms with Crippen molar-refractivity contribution in [2.45, 2.75) is 26.3 Å². The zero-order valence-corrected chi connectivity index (χ0v) is 10.5. The van der Waals surface area contributed by atoms with Crippen molar-refractivity contribution in [1.29, 1.82) is 0 Å². The van der Waals surface area contributed by atoms with Crippen LogP contribution in [0.5, 0.6) is 0 Å². The summed E-state index contributed by atoms with van der Waals surface area (Å²) in [7, 11) is 0. The van der Waals surface area contributed by atoms with E-state index in [4.69, 9.17) is 5.73 Å². The van der Waals surface area contributed by atoms with Gasteiger partial charge >= 0.3 is 0 Å². The van der Waals surface area contributed by atoms with Crippen molar-refractivity contribution in [2.75, 3.05) is 5.32 Å². The maximum absolute atomic E-state index is 11.5. The molecule has 3 N–H and O–H groups in total. The van der Waals surface area contributed by atoms with Gasteiger partial charge in [0.15, 0.2) is 0 Å². The summed E-state index contributed by atoms with van der Waals surface area (Å²) in [5, 5.41) is 2.80. The van der Waals surface area contributed by atoms with Crippen LogP contribution >= 0.6 is 15.9 Å². The first-order valence-electron chi connectivity index (χ1n) is 4.87. The van der Waals surface area contributed by atoms with E-state index >= 15 is 0 Å². The van der Waals surface area contributed by atoms with Crippen LogP contribution in [-0.4, -0.2) is 11.9 Å². The summed E-state index contributed by atoms with van der Waals surface area (Å²) >= 11 is 3.37. The van der Waals surface area contributed by atoms with Crippen LogP contribution < -0.4 is 11.1 Å². The molecule has 0 fully saturated rings. The number of carbonyl (C=O) groups excluding carboxylic acids is 1. The molecule has 0 bridgehead atoms. The van der Waals surface area contributed by atoms with Crippen molar-refractivity contribution >= 4 is 27.5 Å². The van der Waals surface area contributed by atoms with Crippen LogP contribution in [0, 0.1) is 6.92 Å². The van der Waals surface area contributed by atoms with E-state index in [9.17, 15) is 4.79 Å². The molecule has 0 aromatic heterocycles. The number of anilines is 1.